The maximum Gasteiger partial charge on any atom is 0.437 e. The van der Waals surface area contributed by atoms with Crippen molar-refractivity contribution >= 4 is 17.8 Å². The van der Waals surface area contributed by atoms with Crippen LogP contribution < -0.4 is 15.4 Å². The number of Topliss-reactive ketones (excluding diaryl/α,β-unsaturated/α-hetero) is 1. The fourth-order valence-electron chi connectivity index (χ4n) is 3.68. The number of aliphatic hydroxyl groups is 1. The number of amides is 2. The Balaban J connectivity index is 2.05. The van der Waals surface area contributed by atoms with E-state index in [0.717, 1.165) is 6.42 Å². The quantitative estimate of drug-likeness (QED) is 0.414. The Labute approximate surface area is 193 Å². The molecule has 8 nitrogen and oxygen atoms in total. The molecule has 3 rings (SSSR count). The highest BCUT2D eigenvalue weighted by molar-refractivity contribution is 6.00. The second-order valence-electron chi connectivity index (χ2n) is 7.67. The van der Waals surface area contributed by atoms with Gasteiger partial charge in [-0.2, -0.15) is 13.2 Å². The molecule has 1 aliphatic heterocycles. The summed E-state index contributed by atoms with van der Waals surface area (Å²) in [5, 5.41) is 14.4. The van der Waals surface area contributed by atoms with Crippen molar-refractivity contribution in [2.75, 3.05) is 13.7 Å². The van der Waals surface area contributed by atoms with Gasteiger partial charge in [0.2, 0.25) is 5.72 Å². The van der Waals surface area contributed by atoms with Gasteiger partial charge in [-0.05, 0) is 48.4 Å². The monoisotopic (exact) mass is 480 g/mol. The third-order valence-corrected chi connectivity index (χ3v) is 5.39. The molecule has 1 heterocycles. The van der Waals surface area contributed by atoms with E-state index >= 15 is 0 Å². The number of carbonyl (C=O) groups excluding carboxylic acids is 3. The van der Waals surface area contributed by atoms with Crippen molar-refractivity contribution < 1.29 is 42.1 Å². The molecule has 1 saturated heterocycles. The summed E-state index contributed by atoms with van der Waals surface area (Å²) in [4.78, 5) is 37.1. The van der Waals surface area contributed by atoms with E-state index in [1.165, 1.54) is 61.0 Å². The van der Waals surface area contributed by atoms with E-state index in [2.05, 4.69) is 10.1 Å². The van der Waals surface area contributed by atoms with Gasteiger partial charge < -0.3 is 25.2 Å². The van der Waals surface area contributed by atoms with E-state index in [1.54, 1.807) is 0 Å². The first-order chi connectivity index (χ1) is 16.0. The molecule has 3 atom stereocenters. The van der Waals surface area contributed by atoms with Gasteiger partial charge in [-0.15, -0.1) is 0 Å². The minimum absolute atomic E-state index is 0.0754. The highest BCUT2D eigenvalue weighted by Crippen LogP contribution is 2.44. The molecular formula is C23H23F3N2O6. The van der Waals surface area contributed by atoms with Gasteiger partial charge in [0.25, 0.3) is 0 Å². The maximum absolute atomic E-state index is 14.0. The predicted octanol–water partition coefficient (Wildman–Crippen LogP) is 3.37. The number of nitrogens with one attached hydrogen (secondary N) is 2. The molecule has 0 spiro atoms. The number of halogens is 3. The molecule has 0 bridgehead atoms. The second-order valence-corrected chi connectivity index (χ2v) is 7.67. The molecule has 1 aliphatic rings. The van der Waals surface area contributed by atoms with Gasteiger partial charge in [-0.3, -0.25) is 4.79 Å². The Bertz CT molecular complexity index is 1060. The van der Waals surface area contributed by atoms with E-state index in [0.29, 0.717) is 12.4 Å². The van der Waals surface area contributed by atoms with Crippen molar-refractivity contribution in [1.29, 1.82) is 0 Å². The molecule has 11 heteroatoms. The van der Waals surface area contributed by atoms with Crippen LogP contribution in [0.15, 0.2) is 48.5 Å². The summed E-state index contributed by atoms with van der Waals surface area (Å²) in [6.45, 7) is 2.32. The molecule has 0 aliphatic carbocycles. The van der Waals surface area contributed by atoms with Crippen LogP contribution in [-0.4, -0.2) is 48.5 Å². The van der Waals surface area contributed by atoms with Gasteiger partial charge >= 0.3 is 18.2 Å². The number of ketones is 1. The number of carbonyl (C=O) groups is 3. The van der Waals surface area contributed by atoms with Crippen LogP contribution in [0.3, 0.4) is 0 Å². The SMILES string of the molecule is CCCOc1ccc(C(=O)C2C(c3ccc(C(=O)OC)cc3)NC(=O)NC2(O)C(F)(F)F)cc1. The molecule has 0 radical (unpaired) electrons. The fraction of sp³-hybridized carbons (Fsp3) is 0.348. The van der Waals surface area contributed by atoms with Crippen LogP contribution in [0, 0.1) is 5.92 Å². The Morgan fingerprint density at radius 1 is 1.06 bits per heavy atom. The van der Waals surface area contributed by atoms with Crippen LogP contribution in [-0.2, 0) is 4.74 Å². The van der Waals surface area contributed by atoms with Gasteiger partial charge in [0, 0.05) is 5.56 Å². The first kappa shape index (κ1) is 25.0. The van der Waals surface area contributed by atoms with Crippen LogP contribution in [0.5, 0.6) is 5.75 Å². The van der Waals surface area contributed by atoms with Crippen molar-refractivity contribution in [1.82, 2.24) is 10.6 Å². The van der Waals surface area contributed by atoms with Gasteiger partial charge in [0.1, 0.15) is 11.7 Å². The van der Waals surface area contributed by atoms with Crippen LogP contribution in [0.25, 0.3) is 0 Å². The second kappa shape index (κ2) is 9.72. The highest BCUT2D eigenvalue weighted by Gasteiger charge is 2.66. The lowest BCUT2D eigenvalue weighted by Gasteiger charge is -2.45. The van der Waals surface area contributed by atoms with E-state index in [1.807, 2.05) is 6.92 Å². The van der Waals surface area contributed by atoms with Crippen LogP contribution in [0.4, 0.5) is 18.0 Å². The third kappa shape index (κ3) is 4.84. The zero-order valence-electron chi connectivity index (χ0n) is 18.3. The summed E-state index contributed by atoms with van der Waals surface area (Å²) in [5.74, 6) is -3.49. The maximum atomic E-state index is 14.0. The molecule has 182 valence electrons. The molecule has 34 heavy (non-hydrogen) atoms. The van der Waals surface area contributed by atoms with Crippen LogP contribution in [0.2, 0.25) is 0 Å². The highest BCUT2D eigenvalue weighted by atomic mass is 19.4. The minimum Gasteiger partial charge on any atom is -0.494 e. The number of benzene rings is 2. The number of methoxy groups -OCH3 is 1. The van der Waals surface area contributed by atoms with Crippen molar-refractivity contribution in [2.24, 2.45) is 5.92 Å². The van der Waals surface area contributed by atoms with E-state index in [9.17, 15) is 32.7 Å². The normalized spacial score (nSPS) is 22.4. The van der Waals surface area contributed by atoms with Crippen molar-refractivity contribution in [3.8, 4) is 5.75 Å². The summed E-state index contributed by atoms with van der Waals surface area (Å²) in [7, 11) is 1.17. The summed E-state index contributed by atoms with van der Waals surface area (Å²) >= 11 is 0. The lowest BCUT2D eigenvalue weighted by Crippen LogP contribution is -2.72. The number of urea groups is 1. The number of rotatable bonds is 7. The summed E-state index contributed by atoms with van der Waals surface area (Å²) in [6, 6.07) is 7.70. The lowest BCUT2D eigenvalue weighted by atomic mass is 9.77. The number of ether oxygens (including phenoxy) is 2. The lowest BCUT2D eigenvalue weighted by molar-refractivity contribution is -0.287. The molecule has 3 N–H and O–H groups in total. The Morgan fingerprint density at radius 3 is 2.18 bits per heavy atom. The van der Waals surface area contributed by atoms with Crippen molar-refractivity contribution in [3.05, 3.63) is 65.2 Å². The summed E-state index contributed by atoms with van der Waals surface area (Å²) in [6.07, 6.45) is -4.64. The average Bonchev–Trinajstić information content (AvgIpc) is 2.81. The molecule has 2 aromatic carbocycles. The topological polar surface area (TPSA) is 114 Å². The first-order valence-electron chi connectivity index (χ1n) is 10.3. The van der Waals surface area contributed by atoms with E-state index in [4.69, 9.17) is 4.74 Å². The summed E-state index contributed by atoms with van der Waals surface area (Å²) in [5.41, 5.74) is -3.78. The van der Waals surface area contributed by atoms with Crippen LogP contribution >= 0.6 is 0 Å². The summed E-state index contributed by atoms with van der Waals surface area (Å²) < 4.78 is 52.0. The Hall–Kier alpha value is -3.60. The first-order valence-corrected chi connectivity index (χ1v) is 10.3. The molecule has 0 aromatic heterocycles. The zero-order chi connectivity index (χ0) is 25.1. The molecule has 3 unspecified atom stereocenters. The van der Waals surface area contributed by atoms with Crippen LogP contribution in [0.1, 0.15) is 45.7 Å². The molecule has 0 saturated carbocycles. The number of esters is 1. The average molecular weight is 480 g/mol. The molecule has 2 aromatic rings. The van der Waals surface area contributed by atoms with Gasteiger partial charge in [0.15, 0.2) is 5.78 Å². The molecule has 1 fully saturated rings. The van der Waals surface area contributed by atoms with Gasteiger partial charge in [0.05, 0.1) is 25.3 Å². The fourth-order valence-corrected chi connectivity index (χ4v) is 3.68. The van der Waals surface area contributed by atoms with Gasteiger partial charge in [-0.1, -0.05) is 19.1 Å². The standard InChI is InChI=1S/C23H23F3N2O6/c1-3-12-34-16-10-8-14(9-11-16)19(29)17-18(13-4-6-15(7-5-13)20(30)33-2)27-21(31)28-22(17,32)23(24,25)26/h4-11,17-18,32H,3,12H2,1-2H3,(H2,27,28,31). The zero-order valence-corrected chi connectivity index (χ0v) is 18.3. The van der Waals surface area contributed by atoms with Crippen molar-refractivity contribution in [2.45, 2.75) is 31.3 Å². The van der Waals surface area contributed by atoms with E-state index in [-0.39, 0.29) is 16.7 Å². The molecular weight excluding hydrogens is 457 g/mol. The number of hydrogen-bond donors (Lipinski definition) is 3. The largest absolute Gasteiger partial charge is 0.494 e. The number of hydrogen-bond acceptors (Lipinski definition) is 6. The predicted molar refractivity (Wildman–Crippen MR) is 113 cm³/mol. The van der Waals surface area contributed by atoms with Gasteiger partial charge in [-0.25, -0.2) is 9.59 Å². The minimum atomic E-state index is -5.38. The molecule has 2 amide bonds. The Kier molecular flexibility index (Phi) is 7.15. The third-order valence-electron chi connectivity index (χ3n) is 5.39. The van der Waals surface area contributed by atoms with Crippen molar-refractivity contribution in [3.63, 3.8) is 0 Å². The van der Waals surface area contributed by atoms with E-state index < -0.39 is 41.6 Å². The number of alkyl halides is 3. The Morgan fingerprint density at radius 2 is 1.65 bits per heavy atom. The smallest absolute Gasteiger partial charge is 0.437 e.